The van der Waals surface area contributed by atoms with Gasteiger partial charge in [0.25, 0.3) is 5.91 Å². The van der Waals surface area contributed by atoms with Crippen molar-refractivity contribution in [1.82, 2.24) is 5.32 Å². The molecule has 158 valence electrons. The summed E-state index contributed by atoms with van der Waals surface area (Å²) >= 11 is 0. The average Bonchev–Trinajstić information content (AvgIpc) is 2.78. The molecule has 1 N–H and O–H groups in total. The minimum Gasteiger partial charge on any atom is -0.452 e. The van der Waals surface area contributed by atoms with Crippen molar-refractivity contribution in [3.05, 3.63) is 106 Å². The first-order valence-electron chi connectivity index (χ1n) is 9.75. The van der Waals surface area contributed by atoms with Gasteiger partial charge in [0.1, 0.15) is 5.82 Å². The summed E-state index contributed by atoms with van der Waals surface area (Å²) in [5.74, 6) is -2.08. The summed E-state index contributed by atoms with van der Waals surface area (Å²) in [6, 6.07) is 17.9. The van der Waals surface area contributed by atoms with E-state index in [9.17, 15) is 18.8 Å². The topological polar surface area (TPSA) is 72.5 Å². The van der Waals surface area contributed by atoms with Crippen LogP contribution >= 0.6 is 0 Å². The smallest absolute Gasteiger partial charge is 0.339 e. The molecule has 3 aromatic rings. The normalized spacial score (nSPS) is 10.4. The van der Waals surface area contributed by atoms with Gasteiger partial charge in [-0.1, -0.05) is 54.1 Å². The average molecular weight is 419 g/mol. The first-order valence-corrected chi connectivity index (χ1v) is 9.75. The summed E-state index contributed by atoms with van der Waals surface area (Å²) in [6.45, 7) is 3.15. The molecule has 31 heavy (non-hydrogen) atoms. The molecule has 6 heteroatoms. The quantitative estimate of drug-likeness (QED) is 0.461. The van der Waals surface area contributed by atoms with Crippen molar-refractivity contribution in [1.29, 1.82) is 0 Å². The van der Waals surface area contributed by atoms with Crippen LogP contribution in [0.3, 0.4) is 0 Å². The molecule has 0 unspecified atom stereocenters. The monoisotopic (exact) mass is 419 g/mol. The molecule has 5 nitrogen and oxygen atoms in total. The second-order valence-electron chi connectivity index (χ2n) is 7.14. The molecule has 0 radical (unpaired) electrons. The van der Waals surface area contributed by atoms with Gasteiger partial charge in [-0.05, 0) is 37.6 Å². The van der Waals surface area contributed by atoms with Crippen molar-refractivity contribution in [2.24, 2.45) is 0 Å². The van der Waals surface area contributed by atoms with E-state index in [0.717, 1.165) is 11.1 Å². The van der Waals surface area contributed by atoms with Gasteiger partial charge in [0.15, 0.2) is 12.4 Å². The number of rotatable bonds is 7. The number of benzene rings is 3. The molecule has 0 aliphatic carbocycles. The van der Waals surface area contributed by atoms with E-state index in [2.05, 4.69) is 5.32 Å². The van der Waals surface area contributed by atoms with Crippen LogP contribution in [0.4, 0.5) is 4.39 Å². The van der Waals surface area contributed by atoms with Crippen LogP contribution in [0, 0.1) is 19.7 Å². The number of nitrogens with one attached hydrogen (secondary N) is 1. The molecule has 3 aromatic carbocycles. The third kappa shape index (κ3) is 5.42. The number of aryl methyl sites for hydroxylation is 2. The molecule has 0 heterocycles. The highest BCUT2D eigenvalue weighted by Crippen LogP contribution is 2.19. The third-order valence-corrected chi connectivity index (χ3v) is 4.80. The molecule has 3 rings (SSSR count). The first kappa shape index (κ1) is 21.9. The Hall–Kier alpha value is -3.80. The van der Waals surface area contributed by atoms with Gasteiger partial charge >= 0.3 is 5.97 Å². The van der Waals surface area contributed by atoms with Crippen molar-refractivity contribution in [3.8, 4) is 0 Å². The van der Waals surface area contributed by atoms with Gasteiger partial charge in [-0.15, -0.1) is 0 Å². The zero-order chi connectivity index (χ0) is 22.4. The second-order valence-corrected chi connectivity index (χ2v) is 7.14. The Morgan fingerprint density at radius 3 is 2.29 bits per heavy atom. The molecule has 0 aromatic heterocycles. The lowest BCUT2D eigenvalue weighted by atomic mass is 9.94. The zero-order valence-corrected chi connectivity index (χ0v) is 17.3. The highest BCUT2D eigenvalue weighted by Gasteiger charge is 2.21. The highest BCUT2D eigenvalue weighted by molar-refractivity contribution is 6.15. The second kappa shape index (κ2) is 9.80. The van der Waals surface area contributed by atoms with Gasteiger partial charge in [-0.3, -0.25) is 9.59 Å². The first-order chi connectivity index (χ1) is 14.9. The molecular weight excluding hydrogens is 397 g/mol. The molecule has 1 amide bonds. The summed E-state index contributed by atoms with van der Waals surface area (Å²) < 4.78 is 18.7. The highest BCUT2D eigenvalue weighted by atomic mass is 19.1. The summed E-state index contributed by atoms with van der Waals surface area (Å²) in [6.07, 6.45) is 0. The van der Waals surface area contributed by atoms with E-state index in [1.54, 1.807) is 42.5 Å². The lowest BCUT2D eigenvalue weighted by molar-refractivity contribution is -0.124. The number of ether oxygens (including phenoxy) is 1. The minimum atomic E-state index is -0.782. The van der Waals surface area contributed by atoms with Crippen LogP contribution in [0.2, 0.25) is 0 Å². The number of carbonyl (C=O) groups excluding carboxylic acids is 3. The van der Waals surface area contributed by atoms with Gasteiger partial charge in [0.2, 0.25) is 0 Å². The van der Waals surface area contributed by atoms with Crippen molar-refractivity contribution in [2.75, 3.05) is 6.61 Å². The van der Waals surface area contributed by atoms with Gasteiger partial charge in [-0.25, -0.2) is 9.18 Å². The van der Waals surface area contributed by atoms with Crippen LogP contribution in [0.1, 0.15) is 43.0 Å². The Bertz CT molecular complexity index is 1140. The van der Waals surface area contributed by atoms with E-state index in [4.69, 9.17) is 4.74 Å². The number of amides is 1. The number of ketones is 1. The van der Waals surface area contributed by atoms with E-state index < -0.39 is 24.3 Å². The fourth-order valence-electron chi connectivity index (χ4n) is 3.08. The third-order valence-electron chi connectivity index (χ3n) is 4.80. The summed E-state index contributed by atoms with van der Waals surface area (Å²) in [4.78, 5) is 37.6. The van der Waals surface area contributed by atoms with Crippen molar-refractivity contribution >= 4 is 17.7 Å². The molecule has 0 saturated heterocycles. The van der Waals surface area contributed by atoms with Crippen molar-refractivity contribution < 1.29 is 23.5 Å². The Morgan fingerprint density at radius 2 is 1.55 bits per heavy atom. The van der Waals surface area contributed by atoms with E-state index in [1.807, 2.05) is 26.0 Å². The summed E-state index contributed by atoms with van der Waals surface area (Å²) in [5.41, 5.74) is 2.84. The zero-order valence-electron chi connectivity index (χ0n) is 17.3. The lowest BCUT2D eigenvalue weighted by Crippen LogP contribution is -2.29. The maximum Gasteiger partial charge on any atom is 0.339 e. The van der Waals surface area contributed by atoms with Gasteiger partial charge < -0.3 is 10.1 Å². The molecular formula is C25H22FNO4. The number of hydrogen-bond acceptors (Lipinski definition) is 4. The number of esters is 1. The molecule has 0 fully saturated rings. The Labute approximate surface area is 179 Å². The molecule has 0 bridgehead atoms. The predicted molar refractivity (Wildman–Crippen MR) is 114 cm³/mol. The maximum absolute atomic E-state index is 13.6. The van der Waals surface area contributed by atoms with Crippen LogP contribution in [-0.4, -0.2) is 24.3 Å². The molecule has 0 atom stereocenters. The fourth-order valence-corrected chi connectivity index (χ4v) is 3.08. The van der Waals surface area contributed by atoms with E-state index >= 15 is 0 Å². The number of hydrogen-bond donors (Lipinski definition) is 1. The molecule has 0 aliphatic rings. The lowest BCUT2D eigenvalue weighted by Gasteiger charge is -2.11. The predicted octanol–water partition coefficient (Wildman–Crippen LogP) is 4.15. The van der Waals surface area contributed by atoms with E-state index in [-0.39, 0.29) is 23.5 Å². The fraction of sp³-hybridized carbons (Fsp3) is 0.160. The number of halogens is 1. The van der Waals surface area contributed by atoms with Gasteiger partial charge in [0.05, 0.1) is 5.56 Å². The van der Waals surface area contributed by atoms with Gasteiger partial charge in [0, 0.05) is 23.2 Å². The summed E-state index contributed by atoms with van der Waals surface area (Å²) in [5, 5.41) is 2.50. The molecule has 0 spiro atoms. The minimum absolute atomic E-state index is 0.0231. The SMILES string of the molecule is Cc1ccc(C)c(C(=O)c2ccccc2C(=O)OCC(=O)NCc2ccccc2F)c1. The van der Waals surface area contributed by atoms with Crippen LogP contribution in [0.25, 0.3) is 0 Å². The summed E-state index contributed by atoms with van der Waals surface area (Å²) in [7, 11) is 0. The Kier molecular flexibility index (Phi) is 6.92. The Morgan fingerprint density at radius 1 is 0.871 bits per heavy atom. The van der Waals surface area contributed by atoms with E-state index in [0.29, 0.717) is 11.1 Å². The van der Waals surface area contributed by atoms with Crippen molar-refractivity contribution in [3.63, 3.8) is 0 Å². The van der Waals surface area contributed by atoms with Crippen LogP contribution in [0.15, 0.2) is 66.7 Å². The van der Waals surface area contributed by atoms with E-state index in [1.165, 1.54) is 12.1 Å². The molecule has 0 aliphatic heterocycles. The molecule has 0 saturated carbocycles. The Balaban J connectivity index is 1.67. The maximum atomic E-state index is 13.6. The largest absolute Gasteiger partial charge is 0.452 e. The van der Waals surface area contributed by atoms with Crippen LogP contribution in [-0.2, 0) is 16.1 Å². The van der Waals surface area contributed by atoms with Crippen LogP contribution in [0.5, 0.6) is 0 Å². The van der Waals surface area contributed by atoms with Crippen molar-refractivity contribution in [2.45, 2.75) is 20.4 Å². The standard InChI is InChI=1S/C25H22FNO4/c1-16-11-12-17(2)21(13-16)24(29)19-8-4-5-9-20(19)25(30)31-15-23(28)27-14-18-7-3-6-10-22(18)26/h3-13H,14-15H2,1-2H3,(H,27,28). The number of carbonyl (C=O) groups is 3. The van der Waals surface area contributed by atoms with Gasteiger partial charge in [-0.2, -0.15) is 0 Å². The van der Waals surface area contributed by atoms with Crippen LogP contribution < -0.4 is 5.32 Å².